The van der Waals surface area contributed by atoms with Crippen LogP contribution in [0.2, 0.25) is 0 Å². The van der Waals surface area contributed by atoms with E-state index in [0.29, 0.717) is 12.1 Å². The van der Waals surface area contributed by atoms with Crippen molar-refractivity contribution in [3.8, 4) is 12.3 Å². The van der Waals surface area contributed by atoms with Gasteiger partial charge in [-0.25, -0.2) is 5.43 Å². The molecule has 0 atom stereocenters. The molecule has 1 N–H and O–H groups in total. The molecule has 0 aliphatic heterocycles. The molecule has 0 unspecified atom stereocenters. The number of hydrazone groups is 1. The van der Waals surface area contributed by atoms with Crippen LogP contribution in [0.5, 0.6) is 0 Å². The van der Waals surface area contributed by atoms with Crippen LogP contribution in [-0.2, 0) is 6.54 Å². The molecule has 112 valence electrons. The standard InChI is InChI=1S/C18H14N4O/c1-2-10-22-13-15(16-7-3-4-8-17(16)22)12-20-21-18(23)14-6-5-9-19-11-14/h1,3-9,11-13H,10H2,(H,21,23). The van der Waals surface area contributed by atoms with E-state index in [1.54, 1.807) is 24.5 Å². The molecule has 0 radical (unpaired) electrons. The Balaban J connectivity index is 1.82. The number of fused-ring (bicyclic) bond motifs is 1. The summed E-state index contributed by atoms with van der Waals surface area (Å²) in [6.45, 7) is 0.483. The van der Waals surface area contributed by atoms with E-state index in [1.807, 2.05) is 35.0 Å². The van der Waals surface area contributed by atoms with Crippen molar-refractivity contribution in [3.05, 3.63) is 66.1 Å². The van der Waals surface area contributed by atoms with Gasteiger partial charge in [0.2, 0.25) is 0 Å². The lowest BCUT2D eigenvalue weighted by molar-refractivity contribution is 0.0955. The maximum atomic E-state index is 11.9. The second-order valence-electron chi connectivity index (χ2n) is 4.87. The largest absolute Gasteiger partial charge is 0.335 e. The van der Waals surface area contributed by atoms with Crippen LogP contribution >= 0.6 is 0 Å². The molecule has 0 fully saturated rings. The summed E-state index contributed by atoms with van der Waals surface area (Å²) in [4.78, 5) is 15.8. The van der Waals surface area contributed by atoms with Crippen LogP contribution in [0.15, 0.2) is 60.1 Å². The number of aromatic nitrogens is 2. The van der Waals surface area contributed by atoms with Gasteiger partial charge in [0.25, 0.3) is 5.91 Å². The Kier molecular flexibility index (Phi) is 4.16. The fourth-order valence-electron chi connectivity index (χ4n) is 2.33. The minimum absolute atomic E-state index is 0.304. The number of nitrogens with zero attached hydrogens (tertiary/aromatic N) is 3. The van der Waals surface area contributed by atoms with Crippen molar-refractivity contribution in [2.45, 2.75) is 6.54 Å². The van der Waals surface area contributed by atoms with Crippen molar-refractivity contribution >= 4 is 23.0 Å². The van der Waals surface area contributed by atoms with E-state index in [4.69, 9.17) is 6.42 Å². The zero-order valence-corrected chi connectivity index (χ0v) is 12.3. The van der Waals surface area contributed by atoms with Crippen molar-refractivity contribution in [1.82, 2.24) is 15.0 Å². The fourth-order valence-corrected chi connectivity index (χ4v) is 2.33. The van der Waals surface area contributed by atoms with Gasteiger partial charge in [-0.1, -0.05) is 24.1 Å². The zero-order chi connectivity index (χ0) is 16.1. The molecule has 0 saturated heterocycles. The Morgan fingerprint density at radius 2 is 2.22 bits per heavy atom. The number of rotatable bonds is 4. The number of hydrogen-bond acceptors (Lipinski definition) is 3. The minimum atomic E-state index is -0.304. The van der Waals surface area contributed by atoms with E-state index in [2.05, 4.69) is 21.4 Å². The molecule has 3 rings (SSSR count). The molecule has 1 aromatic carbocycles. The first kappa shape index (κ1) is 14.5. The van der Waals surface area contributed by atoms with Crippen LogP contribution in [0.3, 0.4) is 0 Å². The number of para-hydroxylation sites is 1. The minimum Gasteiger partial charge on any atom is -0.335 e. The van der Waals surface area contributed by atoms with Gasteiger partial charge in [0.1, 0.15) is 0 Å². The first-order valence-corrected chi connectivity index (χ1v) is 7.04. The normalized spacial score (nSPS) is 10.7. The van der Waals surface area contributed by atoms with Crippen molar-refractivity contribution in [1.29, 1.82) is 0 Å². The van der Waals surface area contributed by atoms with E-state index in [0.717, 1.165) is 16.5 Å². The summed E-state index contributed by atoms with van der Waals surface area (Å²) < 4.78 is 1.97. The first-order chi connectivity index (χ1) is 11.3. The Morgan fingerprint density at radius 3 is 3.00 bits per heavy atom. The number of pyridine rings is 1. The Labute approximate surface area is 133 Å². The third-order valence-electron chi connectivity index (χ3n) is 3.37. The first-order valence-electron chi connectivity index (χ1n) is 7.04. The van der Waals surface area contributed by atoms with Gasteiger partial charge < -0.3 is 4.57 Å². The topological polar surface area (TPSA) is 59.3 Å². The summed E-state index contributed by atoms with van der Waals surface area (Å²) in [5.41, 5.74) is 4.88. The fraction of sp³-hybridized carbons (Fsp3) is 0.0556. The number of benzene rings is 1. The van der Waals surface area contributed by atoms with E-state index >= 15 is 0 Å². The van der Waals surface area contributed by atoms with Gasteiger partial charge in [-0.05, 0) is 18.2 Å². The molecule has 5 nitrogen and oxygen atoms in total. The average Bonchev–Trinajstić information content (AvgIpc) is 2.94. The highest BCUT2D eigenvalue weighted by Crippen LogP contribution is 2.19. The maximum Gasteiger partial charge on any atom is 0.272 e. The number of carbonyl (C=O) groups is 1. The Morgan fingerprint density at radius 1 is 1.35 bits per heavy atom. The molecule has 2 aromatic heterocycles. The highest BCUT2D eigenvalue weighted by molar-refractivity contribution is 6.00. The van der Waals surface area contributed by atoms with Crippen LogP contribution in [0.4, 0.5) is 0 Å². The molecule has 3 aromatic rings. The lowest BCUT2D eigenvalue weighted by atomic mass is 10.2. The van der Waals surface area contributed by atoms with Gasteiger partial charge in [0.15, 0.2) is 0 Å². The van der Waals surface area contributed by atoms with E-state index < -0.39 is 0 Å². The zero-order valence-electron chi connectivity index (χ0n) is 12.3. The summed E-state index contributed by atoms with van der Waals surface area (Å²) in [5.74, 6) is 2.32. The third-order valence-corrected chi connectivity index (χ3v) is 3.37. The van der Waals surface area contributed by atoms with Gasteiger partial charge in [-0.2, -0.15) is 5.10 Å². The van der Waals surface area contributed by atoms with Crippen molar-refractivity contribution < 1.29 is 4.79 Å². The summed E-state index contributed by atoms with van der Waals surface area (Å²) in [7, 11) is 0. The number of carbonyl (C=O) groups excluding carboxylic acids is 1. The van der Waals surface area contributed by atoms with Crippen LogP contribution in [0.25, 0.3) is 10.9 Å². The quantitative estimate of drug-likeness (QED) is 0.457. The number of hydrogen-bond donors (Lipinski definition) is 1. The molecule has 0 saturated carbocycles. The number of terminal acetylenes is 1. The summed E-state index contributed by atoms with van der Waals surface area (Å²) >= 11 is 0. The second-order valence-corrected chi connectivity index (χ2v) is 4.87. The molecular weight excluding hydrogens is 288 g/mol. The SMILES string of the molecule is C#CCn1cc(C=NNC(=O)c2cccnc2)c2ccccc21. The van der Waals surface area contributed by atoms with Gasteiger partial charge in [0.05, 0.1) is 18.3 Å². The second kappa shape index (κ2) is 6.58. The Bertz CT molecular complexity index is 904. The number of amides is 1. The van der Waals surface area contributed by atoms with Crippen molar-refractivity contribution in [2.75, 3.05) is 0 Å². The maximum absolute atomic E-state index is 11.9. The van der Waals surface area contributed by atoms with Crippen LogP contribution in [0.1, 0.15) is 15.9 Å². The number of nitrogens with one attached hydrogen (secondary N) is 1. The molecule has 0 aliphatic rings. The molecule has 5 heteroatoms. The van der Waals surface area contributed by atoms with Crippen LogP contribution in [-0.4, -0.2) is 21.7 Å². The lowest BCUT2D eigenvalue weighted by Crippen LogP contribution is -2.17. The molecule has 2 heterocycles. The summed E-state index contributed by atoms with van der Waals surface area (Å²) in [5, 5.41) is 5.05. The van der Waals surface area contributed by atoms with Gasteiger partial charge in [0, 0.05) is 35.1 Å². The molecule has 23 heavy (non-hydrogen) atoms. The van der Waals surface area contributed by atoms with E-state index in [9.17, 15) is 4.79 Å². The van der Waals surface area contributed by atoms with Gasteiger partial charge in [-0.3, -0.25) is 9.78 Å². The monoisotopic (exact) mass is 302 g/mol. The van der Waals surface area contributed by atoms with Crippen molar-refractivity contribution in [2.24, 2.45) is 5.10 Å². The lowest BCUT2D eigenvalue weighted by Gasteiger charge is -1.97. The molecule has 0 spiro atoms. The predicted molar refractivity (Wildman–Crippen MR) is 90.1 cm³/mol. The third kappa shape index (κ3) is 3.11. The summed E-state index contributed by atoms with van der Waals surface area (Å²) in [6.07, 6.45) is 12.0. The van der Waals surface area contributed by atoms with E-state index in [-0.39, 0.29) is 5.91 Å². The van der Waals surface area contributed by atoms with Gasteiger partial charge >= 0.3 is 0 Å². The smallest absolute Gasteiger partial charge is 0.272 e. The molecule has 0 bridgehead atoms. The highest BCUT2D eigenvalue weighted by Gasteiger charge is 2.06. The van der Waals surface area contributed by atoms with Gasteiger partial charge in [-0.15, -0.1) is 6.42 Å². The van der Waals surface area contributed by atoms with Crippen LogP contribution in [0, 0.1) is 12.3 Å². The van der Waals surface area contributed by atoms with E-state index in [1.165, 1.54) is 6.20 Å². The van der Waals surface area contributed by atoms with Crippen LogP contribution < -0.4 is 5.43 Å². The molecule has 1 amide bonds. The highest BCUT2D eigenvalue weighted by atomic mass is 16.2. The Hall–Kier alpha value is -3.39. The average molecular weight is 302 g/mol. The van der Waals surface area contributed by atoms with Crippen molar-refractivity contribution in [3.63, 3.8) is 0 Å². The molecule has 0 aliphatic carbocycles. The summed E-state index contributed by atoms with van der Waals surface area (Å²) in [6, 6.07) is 11.3. The predicted octanol–water partition coefficient (Wildman–Crippen LogP) is 2.43. The molecular formula is C18H14N4O.